The van der Waals surface area contributed by atoms with Crippen LogP contribution in [0.1, 0.15) is 503 Å². The van der Waals surface area contributed by atoms with Gasteiger partial charge in [0.2, 0.25) is 0 Å². The predicted molar refractivity (Wildman–Crippen MR) is 460 cm³/mol. The number of hydrogen-bond acceptors (Lipinski definition) is 15. The van der Waals surface area contributed by atoms with Gasteiger partial charge in [0.1, 0.15) is 19.3 Å². The van der Waals surface area contributed by atoms with Crippen LogP contribution in [-0.4, -0.2) is 96.7 Å². The molecule has 0 aromatic carbocycles. The average Bonchev–Trinajstić information content (AvgIpc) is 0.900. The normalized spacial score (nSPS) is 13.7. The Hall–Kier alpha value is -1.94. The van der Waals surface area contributed by atoms with Gasteiger partial charge in [-0.1, -0.05) is 452 Å². The fourth-order valence-corrected chi connectivity index (χ4v) is 16.1. The molecular formula is C92H180O17P2. The second-order valence-corrected chi connectivity index (χ2v) is 36.4. The summed E-state index contributed by atoms with van der Waals surface area (Å²) in [4.78, 5) is 73.3. The quantitative estimate of drug-likeness (QED) is 0.0222. The molecule has 5 atom stereocenters. The zero-order valence-electron chi connectivity index (χ0n) is 73.1. The lowest BCUT2D eigenvalue weighted by Gasteiger charge is -2.21. The molecule has 0 aromatic rings. The largest absolute Gasteiger partial charge is 0.472 e. The molecule has 0 aliphatic carbocycles. The number of aliphatic hydroxyl groups excluding tert-OH is 1. The molecule has 111 heavy (non-hydrogen) atoms. The number of carbonyl (C=O) groups excluding carboxylic acids is 4. The Morgan fingerprint density at radius 2 is 0.414 bits per heavy atom. The SMILES string of the molecule is CCCCCCCCCCCCCCCCCCCCCCCCC(=O)O[C@H](COC(=O)CCCCCCCCCCCCCCCCCCCCC(C)C)COP(=O)(O)OC[C@@H](O)COP(=O)(O)OC[C@@H](COC(=O)CCCCCCCCCC)OC(=O)CCCCCCCCCCCCCCCCCCCCCC. The second kappa shape index (κ2) is 84.5. The number of unbranched alkanes of at least 4 members (excludes halogenated alkanes) is 64. The summed E-state index contributed by atoms with van der Waals surface area (Å²) in [7, 11) is -9.93. The molecule has 0 aliphatic rings. The molecule has 0 saturated heterocycles. The van der Waals surface area contributed by atoms with Crippen molar-refractivity contribution < 1.29 is 80.2 Å². The summed E-state index contributed by atoms with van der Waals surface area (Å²) in [5, 5.41) is 10.7. The lowest BCUT2D eigenvalue weighted by atomic mass is 10.0. The van der Waals surface area contributed by atoms with Crippen molar-refractivity contribution in [1.29, 1.82) is 0 Å². The topological polar surface area (TPSA) is 237 Å². The maximum atomic E-state index is 13.2. The molecule has 0 fully saturated rings. The van der Waals surface area contributed by atoms with Crippen molar-refractivity contribution in [2.75, 3.05) is 39.6 Å². The first-order valence-electron chi connectivity index (χ1n) is 47.6. The number of carbonyl (C=O) groups is 4. The molecule has 660 valence electrons. The van der Waals surface area contributed by atoms with Crippen LogP contribution in [0.25, 0.3) is 0 Å². The summed E-state index contributed by atoms with van der Waals surface area (Å²) in [6.07, 6.45) is 80.9. The van der Waals surface area contributed by atoms with Crippen molar-refractivity contribution in [3.63, 3.8) is 0 Å². The van der Waals surface area contributed by atoms with E-state index in [-0.39, 0.29) is 25.7 Å². The predicted octanol–water partition coefficient (Wildman–Crippen LogP) is 28.7. The van der Waals surface area contributed by atoms with E-state index < -0.39 is 97.5 Å². The van der Waals surface area contributed by atoms with Gasteiger partial charge in [-0.3, -0.25) is 37.3 Å². The molecule has 0 spiro atoms. The Kier molecular flexibility index (Phi) is 83.0. The van der Waals surface area contributed by atoms with E-state index in [1.807, 2.05) is 0 Å². The van der Waals surface area contributed by atoms with Gasteiger partial charge in [0.15, 0.2) is 12.2 Å². The van der Waals surface area contributed by atoms with Crippen LogP contribution in [0.5, 0.6) is 0 Å². The zero-order chi connectivity index (χ0) is 81.1. The van der Waals surface area contributed by atoms with Crippen molar-refractivity contribution in [2.45, 2.75) is 522 Å². The summed E-state index contributed by atoms with van der Waals surface area (Å²) < 4.78 is 69.0. The minimum Gasteiger partial charge on any atom is -0.462 e. The highest BCUT2D eigenvalue weighted by Gasteiger charge is 2.31. The molecule has 3 N–H and O–H groups in total. The summed E-state index contributed by atoms with van der Waals surface area (Å²) in [6, 6.07) is 0. The molecule has 0 radical (unpaired) electrons. The highest BCUT2D eigenvalue weighted by molar-refractivity contribution is 7.47. The van der Waals surface area contributed by atoms with Crippen LogP contribution in [0.2, 0.25) is 0 Å². The van der Waals surface area contributed by atoms with Gasteiger partial charge in [-0.05, 0) is 31.6 Å². The van der Waals surface area contributed by atoms with Gasteiger partial charge in [-0.2, -0.15) is 0 Å². The van der Waals surface area contributed by atoms with Crippen molar-refractivity contribution in [3.05, 3.63) is 0 Å². The highest BCUT2D eigenvalue weighted by atomic mass is 31.2. The van der Waals surface area contributed by atoms with Crippen molar-refractivity contribution in [2.24, 2.45) is 5.92 Å². The smallest absolute Gasteiger partial charge is 0.462 e. The van der Waals surface area contributed by atoms with E-state index in [0.717, 1.165) is 95.8 Å². The van der Waals surface area contributed by atoms with Crippen molar-refractivity contribution in [1.82, 2.24) is 0 Å². The van der Waals surface area contributed by atoms with E-state index in [2.05, 4.69) is 34.6 Å². The van der Waals surface area contributed by atoms with Gasteiger partial charge >= 0.3 is 39.5 Å². The van der Waals surface area contributed by atoms with Gasteiger partial charge in [-0.25, -0.2) is 9.13 Å². The Bertz CT molecular complexity index is 2100. The molecule has 0 rings (SSSR count). The number of ether oxygens (including phenoxy) is 4. The highest BCUT2D eigenvalue weighted by Crippen LogP contribution is 2.45. The van der Waals surface area contributed by atoms with Gasteiger partial charge in [-0.15, -0.1) is 0 Å². The molecule has 2 unspecified atom stereocenters. The van der Waals surface area contributed by atoms with Gasteiger partial charge < -0.3 is 33.8 Å². The first-order valence-corrected chi connectivity index (χ1v) is 50.6. The molecule has 0 saturated carbocycles. The maximum Gasteiger partial charge on any atom is 0.472 e. The van der Waals surface area contributed by atoms with E-state index in [1.165, 1.54) is 327 Å². The zero-order valence-corrected chi connectivity index (χ0v) is 74.9. The number of phosphoric ester groups is 2. The Morgan fingerprint density at radius 1 is 0.243 bits per heavy atom. The van der Waals surface area contributed by atoms with Gasteiger partial charge in [0.05, 0.1) is 26.4 Å². The Balaban J connectivity index is 5.16. The number of rotatable bonds is 92. The molecule has 0 amide bonds. The lowest BCUT2D eigenvalue weighted by molar-refractivity contribution is -0.161. The number of phosphoric acid groups is 2. The van der Waals surface area contributed by atoms with E-state index in [1.54, 1.807) is 0 Å². The molecule has 0 heterocycles. The first-order chi connectivity index (χ1) is 54.0. The van der Waals surface area contributed by atoms with Crippen LogP contribution in [-0.2, 0) is 65.4 Å². The molecule has 0 bridgehead atoms. The number of aliphatic hydroxyl groups is 1. The summed E-state index contributed by atoms with van der Waals surface area (Å²) in [6.45, 7) is 7.41. The van der Waals surface area contributed by atoms with Crippen molar-refractivity contribution >= 4 is 39.5 Å². The van der Waals surface area contributed by atoms with E-state index >= 15 is 0 Å². The van der Waals surface area contributed by atoms with Crippen molar-refractivity contribution in [3.8, 4) is 0 Å². The second-order valence-electron chi connectivity index (χ2n) is 33.5. The summed E-state index contributed by atoms with van der Waals surface area (Å²) in [5.41, 5.74) is 0. The molecule has 17 nitrogen and oxygen atoms in total. The number of hydrogen-bond donors (Lipinski definition) is 3. The van der Waals surface area contributed by atoms with Gasteiger partial charge in [0, 0.05) is 25.7 Å². The van der Waals surface area contributed by atoms with E-state index in [0.29, 0.717) is 25.7 Å². The van der Waals surface area contributed by atoms with E-state index in [4.69, 9.17) is 37.0 Å². The van der Waals surface area contributed by atoms with Crippen LogP contribution in [0, 0.1) is 5.92 Å². The monoisotopic (exact) mass is 1620 g/mol. The fourth-order valence-electron chi connectivity index (χ4n) is 14.5. The molecule has 0 aliphatic heterocycles. The minimum absolute atomic E-state index is 0.109. The maximum absolute atomic E-state index is 13.2. The molecule has 0 aromatic heterocycles. The Morgan fingerprint density at radius 3 is 0.613 bits per heavy atom. The first kappa shape index (κ1) is 109. The van der Waals surface area contributed by atoms with Crippen LogP contribution in [0.15, 0.2) is 0 Å². The fraction of sp³-hybridized carbons (Fsp3) is 0.957. The van der Waals surface area contributed by atoms with Crippen LogP contribution in [0.3, 0.4) is 0 Å². The molecular weight excluding hydrogens is 1440 g/mol. The third-order valence-corrected chi connectivity index (χ3v) is 23.7. The third-order valence-electron chi connectivity index (χ3n) is 21.8. The summed E-state index contributed by atoms with van der Waals surface area (Å²) >= 11 is 0. The minimum atomic E-state index is -4.97. The average molecular weight is 1620 g/mol. The standard InChI is InChI=1S/C92H180O17P2/c1-6-9-12-15-18-21-23-25-27-29-31-33-34-36-42-46-50-54-58-63-68-73-78-92(97)109-88(82-103-90(95)76-71-66-61-56-52-48-44-40-38-37-39-43-47-51-55-59-64-69-74-85(4)5)84-107-111(100,101)105-80-86(93)79-104-110(98,99)106-83-87(81-102-89(94)75-70-65-60-20-17-14-11-8-3)108-91(96)77-72-67-62-57-53-49-45-41-35-32-30-28-26-24-22-19-16-13-10-7-2/h85-88,93H,6-84H2,1-5H3,(H,98,99)(H,100,101)/t86-,87+,88+/m0/s1. The molecule has 19 heteroatoms. The third kappa shape index (κ3) is 85.8. The van der Waals surface area contributed by atoms with Crippen LogP contribution >= 0.6 is 15.6 Å². The summed E-state index contributed by atoms with van der Waals surface area (Å²) in [5.74, 6) is -1.27. The van der Waals surface area contributed by atoms with Gasteiger partial charge in [0.25, 0.3) is 0 Å². The van der Waals surface area contributed by atoms with E-state index in [9.17, 15) is 43.2 Å². The lowest BCUT2D eigenvalue weighted by Crippen LogP contribution is -2.30. The number of esters is 4. The van der Waals surface area contributed by atoms with Crippen LogP contribution < -0.4 is 0 Å². The van der Waals surface area contributed by atoms with Crippen LogP contribution in [0.4, 0.5) is 0 Å². The Labute approximate surface area is 683 Å².